The minimum Gasteiger partial charge on any atom is -0.385 e. The highest BCUT2D eigenvalue weighted by Crippen LogP contribution is 2.31. The van der Waals surface area contributed by atoms with E-state index in [1.807, 2.05) is 43.3 Å². The molecule has 4 heterocycles. The quantitative estimate of drug-likeness (QED) is 0.348. The summed E-state index contributed by atoms with van der Waals surface area (Å²) in [6.07, 6.45) is 0.343. The Kier molecular flexibility index (Phi) is 7.10. The summed E-state index contributed by atoms with van der Waals surface area (Å²) < 4.78 is 38.7. The number of aryl methyl sites for hydroxylation is 1. The second-order valence-electron chi connectivity index (χ2n) is 9.34. The predicted octanol–water partition coefficient (Wildman–Crippen LogP) is 5.64. The zero-order valence-corrected chi connectivity index (χ0v) is 21.2. The topological polar surface area (TPSA) is 90.6 Å². The average Bonchev–Trinajstić information content (AvgIpc) is 3.44. The largest absolute Gasteiger partial charge is 0.477 e. The number of aromatic nitrogens is 3. The number of amides is 1. The molecule has 198 valence electrons. The van der Waals surface area contributed by atoms with E-state index in [1.165, 1.54) is 12.3 Å². The average molecular weight is 533 g/mol. The van der Waals surface area contributed by atoms with Crippen LogP contribution in [0.1, 0.15) is 63.9 Å². The Bertz CT molecular complexity index is 1510. The number of hydrogen-bond donors (Lipinski definition) is 1. The van der Waals surface area contributed by atoms with Gasteiger partial charge in [0.2, 0.25) is 0 Å². The van der Waals surface area contributed by atoms with Gasteiger partial charge < -0.3 is 10.2 Å². The van der Waals surface area contributed by atoms with Crippen molar-refractivity contribution in [2.24, 2.45) is 5.16 Å². The molecule has 0 fully saturated rings. The van der Waals surface area contributed by atoms with Crippen molar-refractivity contribution in [2.75, 3.05) is 0 Å². The van der Waals surface area contributed by atoms with Gasteiger partial charge in [-0.05, 0) is 61.9 Å². The van der Waals surface area contributed by atoms with Gasteiger partial charge in [-0.15, -0.1) is 0 Å². The molecule has 2 N–H and O–H groups in total. The number of pyridine rings is 3. The standard InChI is InChI=1S/C29H24F3N5O2/c1-17-6-8-23(34-15-17)20-11-21(25-14-26(39-37-25)24-5-3-4-10-33-24)13-22(12-20)28(38)36-18(2)19-7-9-27(35-16-19)29(30,31)32/h3-13,15-16,18,26H,14H2,1-2H3,(H,36,38)/p+1/t18-,26+/m1/s1. The molecule has 1 aromatic carbocycles. The maximum absolute atomic E-state index is 13.3. The van der Waals surface area contributed by atoms with Crippen LogP contribution in [-0.4, -0.2) is 21.6 Å². The Morgan fingerprint density at radius 3 is 2.56 bits per heavy atom. The third-order valence-corrected chi connectivity index (χ3v) is 6.41. The van der Waals surface area contributed by atoms with Crippen LogP contribution in [0.3, 0.4) is 0 Å². The van der Waals surface area contributed by atoms with Crippen LogP contribution in [0.5, 0.6) is 0 Å². The number of H-pyrrole nitrogens is 1. The highest BCUT2D eigenvalue weighted by molar-refractivity contribution is 6.05. The maximum atomic E-state index is 13.3. The molecule has 5 rings (SSSR count). The second-order valence-corrected chi connectivity index (χ2v) is 9.34. The lowest BCUT2D eigenvalue weighted by molar-refractivity contribution is -0.426. The molecule has 0 saturated heterocycles. The van der Waals surface area contributed by atoms with E-state index in [1.54, 1.807) is 31.5 Å². The monoisotopic (exact) mass is 532 g/mol. The van der Waals surface area contributed by atoms with E-state index in [0.717, 1.165) is 22.9 Å². The number of nitrogens with zero attached hydrogens (tertiary/aromatic N) is 3. The van der Waals surface area contributed by atoms with E-state index in [4.69, 9.17) is 4.84 Å². The number of benzene rings is 1. The Hall–Kier alpha value is -4.60. The number of alkyl halides is 3. The highest BCUT2D eigenvalue weighted by atomic mass is 19.4. The fourth-order valence-electron chi connectivity index (χ4n) is 4.23. The first kappa shape index (κ1) is 26.0. The van der Waals surface area contributed by atoms with Gasteiger partial charge in [0.1, 0.15) is 0 Å². The lowest BCUT2D eigenvalue weighted by Gasteiger charge is -2.15. The molecule has 0 radical (unpaired) electrons. The molecule has 7 nitrogen and oxygen atoms in total. The third-order valence-electron chi connectivity index (χ3n) is 6.41. The fraction of sp³-hybridized carbons (Fsp3) is 0.207. The smallest absolute Gasteiger partial charge is 0.385 e. The molecule has 1 aliphatic rings. The van der Waals surface area contributed by atoms with Gasteiger partial charge >= 0.3 is 6.18 Å². The summed E-state index contributed by atoms with van der Waals surface area (Å²) in [4.78, 5) is 30.1. The molecule has 0 unspecified atom stereocenters. The van der Waals surface area contributed by atoms with Crippen LogP contribution in [0.4, 0.5) is 13.2 Å². The van der Waals surface area contributed by atoms with Crippen molar-refractivity contribution in [1.29, 1.82) is 0 Å². The lowest BCUT2D eigenvalue weighted by atomic mass is 9.96. The Morgan fingerprint density at radius 1 is 1.08 bits per heavy atom. The Balaban J connectivity index is 1.42. The van der Waals surface area contributed by atoms with Gasteiger partial charge in [-0.25, -0.2) is 4.98 Å². The predicted molar refractivity (Wildman–Crippen MR) is 138 cm³/mol. The molecule has 2 atom stereocenters. The maximum Gasteiger partial charge on any atom is 0.477 e. The molecular formula is C29H25F3N5O2+. The summed E-state index contributed by atoms with van der Waals surface area (Å²) in [6.45, 7) is 3.64. The lowest BCUT2D eigenvalue weighted by Crippen LogP contribution is -2.29. The van der Waals surface area contributed by atoms with Crippen LogP contribution in [0.15, 0.2) is 84.4 Å². The van der Waals surface area contributed by atoms with Crippen LogP contribution in [0.2, 0.25) is 0 Å². The molecule has 3 aromatic heterocycles. The molecule has 1 amide bonds. The first-order chi connectivity index (χ1) is 18.7. The molecule has 1 aliphatic heterocycles. The number of hydrogen-bond acceptors (Lipinski definition) is 5. The van der Waals surface area contributed by atoms with Crippen molar-refractivity contribution >= 4 is 11.6 Å². The molecular weight excluding hydrogens is 507 g/mol. The molecule has 10 heteroatoms. The first-order valence-electron chi connectivity index (χ1n) is 12.3. The second kappa shape index (κ2) is 10.6. The van der Waals surface area contributed by atoms with E-state index in [9.17, 15) is 18.0 Å². The van der Waals surface area contributed by atoms with Crippen molar-refractivity contribution in [3.05, 3.63) is 113 Å². The van der Waals surface area contributed by atoms with Crippen LogP contribution < -0.4 is 10.3 Å². The summed E-state index contributed by atoms with van der Waals surface area (Å²) >= 11 is 0. The van der Waals surface area contributed by atoms with E-state index >= 15 is 0 Å². The Morgan fingerprint density at radius 2 is 1.90 bits per heavy atom. The summed E-state index contributed by atoms with van der Waals surface area (Å²) in [5.74, 6) is -0.390. The SMILES string of the molecule is Cc1ccc(-c2cc(C(=O)N[C@H](C)c3ccc(C(F)(F)F)[nH+]c3)cc(C3=NO[C@H](c4ccccn4)C3)c2)nc1. The molecule has 0 bridgehead atoms. The number of aromatic amines is 1. The van der Waals surface area contributed by atoms with Gasteiger partial charge in [0, 0.05) is 47.1 Å². The van der Waals surface area contributed by atoms with E-state index < -0.39 is 23.8 Å². The minimum absolute atomic E-state index is 0.337. The van der Waals surface area contributed by atoms with Gasteiger partial charge in [0.25, 0.3) is 11.6 Å². The van der Waals surface area contributed by atoms with Crippen molar-refractivity contribution < 1.29 is 27.8 Å². The zero-order chi connectivity index (χ0) is 27.6. The summed E-state index contributed by atoms with van der Waals surface area (Å²) in [5.41, 5.74) is 4.52. The molecule has 0 saturated carbocycles. The van der Waals surface area contributed by atoms with Crippen molar-refractivity contribution in [3.8, 4) is 11.3 Å². The van der Waals surface area contributed by atoms with Crippen molar-refractivity contribution in [3.63, 3.8) is 0 Å². The number of nitrogens with one attached hydrogen (secondary N) is 2. The Labute approximate surface area is 222 Å². The highest BCUT2D eigenvalue weighted by Gasteiger charge is 2.37. The number of oxime groups is 1. The normalized spacial score (nSPS) is 15.8. The molecule has 0 aliphatic carbocycles. The first-order valence-corrected chi connectivity index (χ1v) is 12.3. The number of carbonyl (C=O) groups excluding carboxylic acids is 1. The summed E-state index contributed by atoms with van der Waals surface area (Å²) in [7, 11) is 0. The number of rotatable bonds is 6. The zero-order valence-electron chi connectivity index (χ0n) is 21.2. The molecule has 4 aromatic rings. The molecule has 0 spiro atoms. The van der Waals surface area contributed by atoms with Gasteiger partial charge in [-0.2, -0.15) is 13.2 Å². The van der Waals surface area contributed by atoms with Crippen LogP contribution in [0, 0.1) is 6.92 Å². The van der Waals surface area contributed by atoms with Crippen LogP contribution in [0.25, 0.3) is 11.3 Å². The van der Waals surface area contributed by atoms with Gasteiger partial charge in [0.05, 0.1) is 23.1 Å². The van der Waals surface area contributed by atoms with Crippen molar-refractivity contribution in [1.82, 2.24) is 15.3 Å². The summed E-state index contributed by atoms with van der Waals surface area (Å²) in [5, 5.41) is 7.15. The van der Waals surface area contributed by atoms with Crippen LogP contribution >= 0.6 is 0 Å². The van der Waals surface area contributed by atoms with Gasteiger partial charge in [-0.3, -0.25) is 14.8 Å². The fourth-order valence-corrected chi connectivity index (χ4v) is 4.23. The summed E-state index contributed by atoms with van der Waals surface area (Å²) in [6, 6.07) is 16.5. The van der Waals surface area contributed by atoms with E-state index in [0.29, 0.717) is 34.5 Å². The minimum atomic E-state index is -4.48. The molecule has 39 heavy (non-hydrogen) atoms. The number of halogens is 3. The van der Waals surface area contributed by atoms with Gasteiger partial charge in [-0.1, -0.05) is 17.3 Å². The number of carbonyl (C=O) groups is 1. The third kappa shape index (κ3) is 5.95. The van der Waals surface area contributed by atoms with Gasteiger partial charge in [0.15, 0.2) is 12.3 Å². The van der Waals surface area contributed by atoms with Crippen molar-refractivity contribution in [2.45, 2.75) is 38.6 Å². The van der Waals surface area contributed by atoms with Crippen LogP contribution in [-0.2, 0) is 11.0 Å². The van der Waals surface area contributed by atoms with E-state index in [2.05, 4.69) is 25.4 Å². The van der Waals surface area contributed by atoms with E-state index in [-0.39, 0.29) is 6.10 Å².